The van der Waals surface area contributed by atoms with Crippen LogP contribution in [0, 0.1) is 0 Å². The van der Waals surface area contributed by atoms with Crippen molar-refractivity contribution in [3.8, 4) is 34.5 Å². The van der Waals surface area contributed by atoms with Crippen LogP contribution in [0.4, 0.5) is 0 Å². The number of aliphatic imine (C=N–C) groups is 3. The maximum Gasteiger partial charge on any atom is 0.328 e. The summed E-state index contributed by atoms with van der Waals surface area (Å²) in [6.07, 6.45) is 2.38. The first-order valence-electron chi connectivity index (χ1n) is 9.18. The lowest BCUT2D eigenvalue weighted by molar-refractivity contribution is -0.138. The molecule has 170 valence electrons. The first kappa shape index (κ1) is 23.8. The quantitative estimate of drug-likeness (QED) is 0.164. The normalized spacial score (nSPS) is 13.1. The Kier molecular flexibility index (Phi) is 7.82. The first-order chi connectivity index (χ1) is 15.1. The van der Waals surface area contributed by atoms with Crippen molar-refractivity contribution in [2.45, 2.75) is 18.9 Å². The molecule has 9 N–H and O–H groups in total. The van der Waals surface area contributed by atoms with Crippen LogP contribution in [0.1, 0.15) is 24.0 Å². The van der Waals surface area contributed by atoms with Gasteiger partial charge in [0.1, 0.15) is 40.5 Å². The Morgan fingerprint density at radius 3 is 1.81 bits per heavy atom. The molecule has 0 aliphatic rings. The van der Waals surface area contributed by atoms with Crippen LogP contribution in [0.3, 0.4) is 0 Å². The number of rotatable bonds is 8. The van der Waals surface area contributed by atoms with E-state index in [4.69, 9.17) is 5.73 Å². The van der Waals surface area contributed by atoms with Crippen LogP contribution in [0.2, 0.25) is 0 Å². The summed E-state index contributed by atoms with van der Waals surface area (Å²) in [6.45, 7) is 0.103. The number of nitrogens with zero attached hydrogens (tertiary/aromatic N) is 3. The van der Waals surface area contributed by atoms with Gasteiger partial charge in [-0.05, 0) is 12.8 Å². The number of nitrogens with two attached hydrogens (primary N) is 1. The van der Waals surface area contributed by atoms with E-state index in [0.29, 0.717) is 0 Å². The molecule has 0 spiro atoms. The van der Waals surface area contributed by atoms with Gasteiger partial charge in [0.15, 0.2) is 0 Å². The summed E-state index contributed by atoms with van der Waals surface area (Å²) in [7, 11) is 0. The molecule has 0 aromatic heterocycles. The predicted molar refractivity (Wildman–Crippen MR) is 115 cm³/mol. The van der Waals surface area contributed by atoms with Crippen molar-refractivity contribution in [1.82, 2.24) is 0 Å². The summed E-state index contributed by atoms with van der Waals surface area (Å²) in [6, 6.07) is 2.80. The van der Waals surface area contributed by atoms with Gasteiger partial charge in [-0.3, -0.25) is 9.98 Å². The SMILES string of the molecule is NC(N=Cc1c(O)cc(O)cc1O)=NCCCC(N=Cc1c(O)cc(O)cc1O)C(=O)O. The molecule has 12 nitrogen and oxygen atoms in total. The second-order valence-corrected chi connectivity index (χ2v) is 6.57. The molecule has 0 aliphatic heterocycles. The highest BCUT2D eigenvalue weighted by atomic mass is 16.4. The van der Waals surface area contributed by atoms with Crippen molar-refractivity contribution in [1.29, 1.82) is 0 Å². The summed E-state index contributed by atoms with van der Waals surface area (Å²) < 4.78 is 0. The number of hydrogen-bond acceptors (Lipinski definition) is 9. The average Bonchev–Trinajstić information content (AvgIpc) is 2.67. The molecule has 1 atom stereocenters. The lowest BCUT2D eigenvalue weighted by Crippen LogP contribution is -2.18. The number of aromatic hydroxyl groups is 6. The number of carbonyl (C=O) groups is 1. The van der Waals surface area contributed by atoms with Gasteiger partial charge >= 0.3 is 5.97 Å². The largest absolute Gasteiger partial charge is 0.508 e. The lowest BCUT2D eigenvalue weighted by atomic mass is 10.1. The van der Waals surface area contributed by atoms with Crippen molar-refractivity contribution in [2.75, 3.05) is 6.54 Å². The zero-order valence-electron chi connectivity index (χ0n) is 16.6. The van der Waals surface area contributed by atoms with Crippen LogP contribution >= 0.6 is 0 Å². The number of hydrogen-bond donors (Lipinski definition) is 8. The molecule has 2 rings (SSSR count). The second kappa shape index (κ2) is 10.5. The smallest absolute Gasteiger partial charge is 0.328 e. The Labute approximate surface area is 181 Å². The van der Waals surface area contributed by atoms with Crippen LogP contribution < -0.4 is 5.73 Å². The van der Waals surface area contributed by atoms with Gasteiger partial charge in [0, 0.05) is 43.2 Å². The van der Waals surface area contributed by atoms with Crippen molar-refractivity contribution in [3.63, 3.8) is 0 Å². The van der Waals surface area contributed by atoms with E-state index in [0.717, 1.165) is 36.7 Å². The Morgan fingerprint density at radius 2 is 1.34 bits per heavy atom. The summed E-state index contributed by atoms with van der Waals surface area (Å²) in [4.78, 5) is 23.0. The molecule has 0 amide bonds. The topological polar surface area (TPSA) is 222 Å². The monoisotopic (exact) mass is 446 g/mol. The second-order valence-electron chi connectivity index (χ2n) is 6.57. The maximum atomic E-state index is 11.4. The minimum absolute atomic E-state index is 0.0610. The van der Waals surface area contributed by atoms with Gasteiger partial charge in [-0.15, -0.1) is 0 Å². The lowest BCUT2D eigenvalue weighted by Gasteiger charge is -2.07. The van der Waals surface area contributed by atoms with Crippen LogP contribution in [-0.4, -0.2) is 72.7 Å². The van der Waals surface area contributed by atoms with Crippen molar-refractivity contribution in [2.24, 2.45) is 20.7 Å². The minimum atomic E-state index is -1.23. The van der Waals surface area contributed by atoms with Crippen molar-refractivity contribution in [3.05, 3.63) is 35.4 Å². The Bertz CT molecular complexity index is 1040. The number of carboxylic acid groups (broad SMARTS) is 1. The Hall–Kier alpha value is -4.48. The highest BCUT2D eigenvalue weighted by Gasteiger charge is 2.16. The highest BCUT2D eigenvalue weighted by Crippen LogP contribution is 2.31. The highest BCUT2D eigenvalue weighted by molar-refractivity contribution is 5.96. The van der Waals surface area contributed by atoms with Crippen LogP contribution in [0.25, 0.3) is 0 Å². The fraction of sp³-hybridized carbons (Fsp3) is 0.200. The third-order valence-electron chi connectivity index (χ3n) is 4.15. The van der Waals surface area contributed by atoms with E-state index in [1.54, 1.807) is 0 Å². The predicted octanol–water partition coefficient (Wildman–Crippen LogP) is 1.01. The van der Waals surface area contributed by atoms with E-state index >= 15 is 0 Å². The molecule has 0 heterocycles. The molecular weight excluding hydrogens is 424 g/mol. The molecule has 0 radical (unpaired) electrons. The van der Waals surface area contributed by atoms with E-state index in [-0.39, 0.29) is 48.0 Å². The maximum absolute atomic E-state index is 11.4. The first-order valence-corrected chi connectivity index (χ1v) is 9.18. The zero-order chi connectivity index (χ0) is 23.8. The van der Waals surface area contributed by atoms with Crippen LogP contribution in [-0.2, 0) is 4.79 Å². The summed E-state index contributed by atoms with van der Waals surface area (Å²) in [5.74, 6) is -3.85. The standard InChI is InChI=1S/C20H22N4O8/c21-20(24-9-13-17(29)6-11(26)7-18(13)30)22-3-1-2-14(19(31)32)23-8-12-15(27)4-10(25)5-16(12)28/h4-9,14,25-30H,1-3H2,(H2,21,22)(H,31,32). The molecule has 32 heavy (non-hydrogen) atoms. The average molecular weight is 446 g/mol. The fourth-order valence-electron chi connectivity index (χ4n) is 2.56. The van der Waals surface area contributed by atoms with E-state index in [9.17, 15) is 40.5 Å². The number of benzene rings is 2. The minimum Gasteiger partial charge on any atom is -0.508 e. The van der Waals surface area contributed by atoms with Gasteiger partial charge in [-0.2, -0.15) is 0 Å². The fourth-order valence-corrected chi connectivity index (χ4v) is 2.56. The number of phenolic OH excluding ortho intramolecular Hbond substituents is 6. The summed E-state index contributed by atoms with van der Waals surface area (Å²) in [5, 5.41) is 66.7. The van der Waals surface area contributed by atoms with Gasteiger partial charge in [0.2, 0.25) is 5.96 Å². The molecule has 2 aromatic rings. The molecule has 0 saturated carbocycles. The number of guanidine groups is 1. The third-order valence-corrected chi connectivity index (χ3v) is 4.15. The van der Waals surface area contributed by atoms with Gasteiger partial charge in [-0.25, -0.2) is 9.79 Å². The van der Waals surface area contributed by atoms with E-state index in [1.807, 2.05) is 0 Å². The Morgan fingerprint density at radius 1 is 0.875 bits per heavy atom. The van der Waals surface area contributed by atoms with Crippen molar-refractivity contribution < 1.29 is 40.5 Å². The molecule has 0 bridgehead atoms. The Balaban J connectivity index is 1.97. The van der Waals surface area contributed by atoms with Crippen LogP contribution in [0.15, 0.2) is 39.2 Å². The van der Waals surface area contributed by atoms with E-state index in [1.165, 1.54) is 0 Å². The molecule has 2 aromatic carbocycles. The number of aliphatic carboxylic acids is 1. The molecule has 0 aliphatic carbocycles. The van der Waals surface area contributed by atoms with Gasteiger partial charge in [-0.1, -0.05) is 0 Å². The van der Waals surface area contributed by atoms with Gasteiger partial charge < -0.3 is 41.5 Å². The zero-order valence-corrected chi connectivity index (χ0v) is 16.6. The summed E-state index contributed by atoms with van der Waals surface area (Å²) >= 11 is 0. The number of carboxylic acids is 1. The van der Waals surface area contributed by atoms with E-state index < -0.39 is 35.0 Å². The molecular formula is C20H22N4O8. The molecule has 0 fully saturated rings. The van der Waals surface area contributed by atoms with Crippen LogP contribution in [0.5, 0.6) is 34.5 Å². The number of phenols is 6. The molecule has 12 heteroatoms. The summed E-state index contributed by atoms with van der Waals surface area (Å²) in [5.41, 5.74) is 5.43. The van der Waals surface area contributed by atoms with Gasteiger partial charge in [0.05, 0.1) is 11.1 Å². The van der Waals surface area contributed by atoms with E-state index in [2.05, 4.69) is 15.0 Å². The third kappa shape index (κ3) is 6.52. The van der Waals surface area contributed by atoms with Crippen molar-refractivity contribution >= 4 is 24.4 Å². The van der Waals surface area contributed by atoms with Gasteiger partial charge in [0.25, 0.3) is 0 Å². The molecule has 1 unspecified atom stereocenters. The molecule has 0 saturated heterocycles.